The van der Waals surface area contributed by atoms with Crippen molar-refractivity contribution in [3.05, 3.63) is 48.0 Å². The summed E-state index contributed by atoms with van der Waals surface area (Å²) in [6, 6.07) is 14.6. The third kappa shape index (κ3) is 2.28. The first-order valence-corrected chi connectivity index (χ1v) is 4.77. The molecule has 0 aliphatic heterocycles. The number of nitrogens with one attached hydrogen (secondary N) is 1. The first-order valence-electron chi connectivity index (χ1n) is 4.77. The molecule has 16 heavy (non-hydrogen) atoms. The van der Waals surface area contributed by atoms with Crippen molar-refractivity contribution in [3.63, 3.8) is 0 Å². The fourth-order valence-corrected chi connectivity index (χ4v) is 1.30. The Kier molecular flexibility index (Phi) is 2.70. The van der Waals surface area contributed by atoms with Gasteiger partial charge >= 0.3 is 0 Å². The number of nitrogen functional groups attached to an aromatic ring is 1. The molecule has 1 aromatic carbocycles. The van der Waals surface area contributed by atoms with Gasteiger partial charge in [0.2, 0.25) is 0 Å². The van der Waals surface area contributed by atoms with E-state index >= 15 is 0 Å². The summed E-state index contributed by atoms with van der Waals surface area (Å²) in [5, 5.41) is 11.8. The summed E-state index contributed by atoms with van der Waals surface area (Å²) >= 11 is 0. The maximum atomic E-state index is 8.66. The van der Waals surface area contributed by atoms with E-state index in [1.807, 2.05) is 24.3 Å². The van der Waals surface area contributed by atoms with Crippen LogP contribution in [-0.4, -0.2) is 4.98 Å². The lowest BCUT2D eigenvalue weighted by Gasteiger charge is -2.05. The second-order valence-electron chi connectivity index (χ2n) is 3.26. The van der Waals surface area contributed by atoms with Gasteiger partial charge in [-0.1, -0.05) is 6.07 Å². The zero-order valence-electron chi connectivity index (χ0n) is 8.51. The molecular formula is C12H10N4. The van der Waals surface area contributed by atoms with Gasteiger partial charge in [0, 0.05) is 5.69 Å². The predicted octanol–water partition coefficient (Wildman–Crippen LogP) is 2.28. The van der Waals surface area contributed by atoms with Crippen molar-refractivity contribution in [2.45, 2.75) is 0 Å². The summed E-state index contributed by atoms with van der Waals surface area (Å²) in [6.45, 7) is 0. The van der Waals surface area contributed by atoms with E-state index in [4.69, 9.17) is 11.0 Å². The van der Waals surface area contributed by atoms with Crippen molar-refractivity contribution in [2.75, 3.05) is 11.1 Å². The topological polar surface area (TPSA) is 74.7 Å². The van der Waals surface area contributed by atoms with Crippen LogP contribution in [0.3, 0.4) is 0 Å². The van der Waals surface area contributed by atoms with Crippen LogP contribution in [-0.2, 0) is 0 Å². The third-order valence-corrected chi connectivity index (χ3v) is 2.06. The second-order valence-corrected chi connectivity index (χ2v) is 3.26. The van der Waals surface area contributed by atoms with Crippen molar-refractivity contribution in [1.29, 1.82) is 5.26 Å². The molecule has 0 radical (unpaired) electrons. The molecule has 0 atom stereocenters. The summed E-state index contributed by atoms with van der Waals surface area (Å²) in [4.78, 5) is 4.11. The van der Waals surface area contributed by atoms with Crippen LogP contribution in [0.4, 0.5) is 17.3 Å². The first-order chi connectivity index (χ1) is 7.78. The number of anilines is 3. The van der Waals surface area contributed by atoms with Gasteiger partial charge in [0.25, 0.3) is 0 Å². The van der Waals surface area contributed by atoms with E-state index in [0.717, 1.165) is 5.69 Å². The van der Waals surface area contributed by atoms with Gasteiger partial charge in [-0.25, -0.2) is 4.98 Å². The second kappa shape index (κ2) is 4.32. The predicted molar refractivity (Wildman–Crippen MR) is 63.1 cm³/mol. The normalized spacial score (nSPS) is 9.44. The number of nitriles is 1. The summed E-state index contributed by atoms with van der Waals surface area (Å²) in [5.74, 6) is 1.16. The van der Waals surface area contributed by atoms with Crippen LogP contribution in [0.2, 0.25) is 0 Å². The molecule has 0 unspecified atom stereocenters. The highest BCUT2D eigenvalue weighted by Crippen LogP contribution is 2.15. The Balaban J connectivity index is 2.18. The van der Waals surface area contributed by atoms with Gasteiger partial charge < -0.3 is 11.1 Å². The largest absolute Gasteiger partial charge is 0.384 e. The number of hydrogen-bond acceptors (Lipinski definition) is 4. The SMILES string of the molecule is N#Cc1ccc(Nc2cccc(N)n2)cc1. The van der Waals surface area contributed by atoms with Crippen LogP contribution >= 0.6 is 0 Å². The number of pyridine rings is 1. The van der Waals surface area contributed by atoms with Crippen molar-refractivity contribution < 1.29 is 0 Å². The van der Waals surface area contributed by atoms with Crippen LogP contribution in [0, 0.1) is 11.3 Å². The van der Waals surface area contributed by atoms with Crippen molar-refractivity contribution in [1.82, 2.24) is 4.98 Å². The van der Waals surface area contributed by atoms with Gasteiger partial charge in [0.15, 0.2) is 0 Å². The molecule has 1 heterocycles. The minimum atomic E-state index is 0.471. The molecule has 3 N–H and O–H groups in total. The fraction of sp³-hybridized carbons (Fsp3) is 0. The molecule has 78 valence electrons. The minimum absolute atomic E-state index is 0.471. The van der Waals surface area contributed by atoms with E-state index in [9.17, 15) is 0 Å². The Morgan fingerprint density at radius 1 is 1.12 bits per heavy atom. The van der Waals surface area contributed by atoms with Crippen molar-refractivity contribution in [3.8, 4) is 6.07 Å². The molecule has 2 aromatic rings. The lowest BCUT2D eigenvalue weighted by molar-refractivity contribution is 1.31. The summed E-state index contributed by atoms with van der Waals surface area (Å²) in [7, 11) is 0. The molecule has 4 nitrogen and oxygen atoms in total. The van der Waals surface area contributed by atoms with E-state index in [-0.39, 0.29) is 0 Å². The molecular weight excluding hydrogens is 200 g/mol. The minimum Gasteiger partial charge on any atom is -0.384 e. The third-order valence-electron chi connectivity index (χ3n) is 2.06. The monoisotopic (exact) mass is 210 g/mol. The molecule has 0 spiro atoms. The van der Waals surface area contributed by atoms with Crippen LogP contribution in [0.5, 0.6) is 0 Å². The highest BCUT2D eigenvalue weighted by Gasteiger charge is 1.96. The first kappa shape index (κ1) is 9.99. The van der Waals surface area contributed by atoms with E-state index in [1.165, 1.54) is 0 Å². The lowest BCUT2D eigenvalue weighted by atomic mass is 10.2. The highest BCUT2D eigenvalue weighted by atomic mass is 15.0. The van der Waals surface area contributed by atoms with E-state index in [1.54, 1.807) is 18.2 Å². The Hall–Kier alpha value is -2.54. The molecule has 0 fully saturated rings. The summed E-state index contributed by atoms with van der Waals surface area (Å²) in [6.07, 6.45) is 0. The van der Waals surface area contributed by atoms with Gasteiger partial charge in [-0.3, -0.25) is 0 Å². The molecule has 4 heteroatoms. The van der Waals surface area contributed by atoms with E-state index < -0.39 is 0 Å². The number of rotatable bonds is 2. The number of nitrogens with two attached hydrogens (primary N) is 1. The van der Waals surface area contributed by atoms with E-state index in [0.29, 0.717) is 17.2 Å². The average Bonchev–Trinajstić information content (AvgIpc) is 2.30. The quantitative estimate of drug-likeness (QED) is 0.797. The molecule has 0 saturated heterocycles. The van der Waals surface area contributed by atoms with Gasteiger partial charge in [-0.15, -0.1) is 0 Å². The van der Waals surface area contributed by atoms with Crippen molar-refractivity contribution in [2.24, 2.45) is 0 Å². The zero-order valence-corrected chi connectivity index (χ0v) is 8.51. The maximum absolute atomic E-state index is 8.66. The van der Waals surface area contributed by atoms with Gasteiger partial charge in [0.05, 0.1) is 11.6 Å². The summed E-state index contributed by atoms with van der Waals surface area (Å²) in [5.41, 5.74) is 7.07. The van der Waals surface area contributed by atoms with Crippen LogP contribution in [0.25, 0.3) is 0 Å². The summed E-state index contributed by atoms with van der Waals surface area (Å²) < 4.78 is 0. The smallest absolute Gasteiger partial charge is 0.132 e. The molecule has 0 aliphatic carbocycles. The molecule has 0 amide bonds. The van der Waals surface area contributed by atoms with Gasteiger partial charge in [0.1, 0.15) is 11.6 Å². The van der Waals surface area contributed by atoms with Gasteiger partial charge in [-0.2, -0.15) is 5.26 Å². The Labute approximate surface area is 93.4 Å². The fourth-order valence-electron chi connectivity index (χ4n) is 1.30. The molecule has 1 aromatic heterocycles. The highest BCUT2D eigenvalue weighted by molar-refractivity contribution is 5.58. The number of hydrogen-bond donors (Lipinski definition) is 2. The number of aromatic nitrogens is 1. The van der Waals surface area contributed by atoms with E-state index in [2.05, 4.69) is 16.4 Å². The average molecular weight is 210 g/mol. The van der Waals surface area contributed by atoms with Gasteiger partial charge in [-0.05, 0) is 36.4 Å². The van der Waals surface area contributed by atoms with Crippen LogP contribution in [0.1, 0.15) is 5.56 Å². The molecule has 0 bridgehead atoms. The number of nitrogens with zero attached hydrogens (tertiary/aromatic N) is 2. The van der Waals surface area contributed by atoms with Crippen LogP contribution in [0.15, 0.2) is 42.5 Å². The Morgan fingerprint density at radius 3 is 2.50 bits per heavy atom. The lowest BCUT2D eigenvalue weighted by Crippen LogP contribution is -1.96. The Morgan fingerprint density at radius 2 is 1.88 bits per heavy atom. The maximum Gasteiger partial charge on any atom is 0.132 e. The molecule has 0 aliphatic rings. The Bertz CT molecular complexity index is 525. The standard InChI is InChI=1S/C12H10N4/c13-8-9-4-6-10(7-5-9)15-12-3-1-2-11(14)16-12/h1-7H,(H3,14,15,16). The van der Waals surface area contributed by atoms with Crippen LogP contribution < -0.4 is 11.1 Å². The number of benzene rings is 1. The molecule has 0 saturated carbocycles. The van der Waals surface area contributed by atoms with Crippen molar-refractivity contribution >= 4 is 17.3 Å². The zero-order chi connectivity index (χ0) is 11.4. The molecule has 2 rings (SSSR count).